The van der Waals surface area contributed by atoms with Crippen LogP contribution in [0.1, 0.15) is 10.4 Å². The number of esters is 1. The molecule has 0 N–H and O–H groups in total. The number of hydrogen-bond acceptors (Lipinski definition) is 8. The largest absolute Gasteiger partial charge is 0.449 e. The Balaban J connectivity index is 1.46. The first-order valence-electron chi connectivity index (χ1n) is 8.12. The van der Waals surface area contributed by atoms with Gasteiger partial charge in [0.2, 0.25) is 5.89 Å². The van der Waals surface area contributed by atoms with Crippen LogP contribution < -0.4 is 0 Å². The molecule has 0 unspecified atom stereocenters. The van der Waals surface area contributed by atoms with Gasteiger partial charge in [-0.1, -0.05) is 35.7 Å². The highest BCUT2D eigenvalue weighted by Gasteiger charge is 2.12. The molecule has 0 fully saturated rings. The molecule has 10 heteroatoms. The van der Waals surface area contributed by atoms with Gasteiger partial charge in [-0.3, -0.25) is 10.1 Å². The zero-order valence-corrected chi connectivity index (χ0v) is 15.5. The first kappa shape index (κ1) is 20.0. The van der Waals surface area contributed by atoms with Crippen LogP contribution in [0.2, 0.25) is 0 Å². The normalized spacial score (nSPS) is 10.1. The summed E-state index contributed by atoms with van der Waals surface area (Å²) in [6.45, 7) is -0.166. The van der Waals surface area contributed by atoms with Crippen molar-refractivity contribution < 1.29 is 23.3 Å². The summed E-state index contributed by atoms with van der Waals surface area (Å²) in [4.78, 5) is 22.0. The fraction of sp³-hybridized carbons (Fsp3) is 0.105. The highest BCUT2D eigenvalue weighted by molar-refractivity contribution is 7.99. The molecular formula is C19H12FN3O5S. The molecule has 0 aliphatic rings. The van der Waals surface area contributed by atoms with Gasteiger partial charge in [0.05, 0.1) is 16.2 Å². The van der Waals surface area contributed by atoms with Gasteiger partial charge in [0.25, 0.3) is 10.9 Å². The van der Waals surface area contributed by atoms with Crippen LogP contribution in [0.3, 0.4) is 0 Å². The highest BCUT2D eigenvalue weighted by atomic mass is 32.2. The number of aromatic nitrogens is 2. The van der Waals surface area contributed by atoms with Crippen molar-refractivity contribution in [2.75, 3.05) is 12.4 Å². The molecule has 1 heterocycles. The number of nitro groups is 1. The molecule has 0 aliphatic heterocycles. The van der Waals surface area contributed by atoms with E-state index < -0.39 is 16.7 Å². The van der Waals surface area contributed by atoms with Crippen molar-refractivity contribution in [1.82, 2.24) is 10.2 Å². The second kappa shape index (κ2) is 9.48. The van der Waals surface area contributed by atoms with Crippen molar-refractivity contribution in [2.24, 2.45) is 0 Å². The Morgan fingerprint density at radius 2 is 2.03 bits per heavy atom. The van der Waals surface area contributed by atoms with Crippen LogP contribution in [0.5, 0.6) is 0 Å². The Bertz CT molecular complexity index is 1110. The molecule has 3 rings (SSSR count). The molecule has 8 nitrogen and oxygen atoms in total. The van der Waals surface area contributed by atoms with E-state index in [4.69, 9.17) is 9.15 Å². The number of hydrogen-bond donors (Lipinski definition) is 0. The van der Waals surface area contributed by atoms with Crippen molar-refractivity contribution in [2.45, 2.75) is 5.22 Å². The number of ether oxygens (including phenoxy) is 1. The van der Waals surface area contributed by atoms with Crippen molar-refractivity contribution >= 4 is 23.4 Å². The van der Waals surface area contributed by atoms with Crippen molar-refractivity contribution in [3.8, 4) is 23.3 Å². The van der Waals surface area contributed by atoms with E-state index in [0.29, 0.717) is 11.3 Å². The second-order valence-electron chi connectivity index (χ2n) is 5.41. The van der Waals surface area contributed by atoms with Crippen molar-refractivity contribution in [1.29, 1.82) is 0 Å². The summed E-state index contributed by atoms with van der Waals surface area (Å²) in [5.74, 6) is 4.82. The molecule has 0 amide bonds. The lowest BCUT2D eigenvalue weighted by molar-refractivity contribution is -0.384. The summed E-state index contributed by atoms with van der Waals surface area (Å²) < 4.78 is 23.6. The summed E-state index contributed by atoms with van der Waals surface area (Å²) in [6, 6.07) is 11.0. The van der Waals surface area contributed by atoms with Gasteiger partial charge in [0, 0.05) is 17.7 Å². The first-order chi connectivity index (χ1) is 14.0. The number of non-ortho nitro benzene ring substituents is 1. The lowest BCUT2D eigenvalue weighted by Gasteiger charge is -2.00. The summed E-state index contributed by atoms with van der Waals surface area (Å²) in [5, 5.41) is 18.7. The second-order valence-corrected chi connectivity index (χ2v) is 6.34. The third-order valence-electron chi connectivity index (χ3n) is 3.44. The number of carbonyl (C=O) groups is 1. The topological polar surface area (TPSA) is 108 Å². The lowest BCUT2D eigenvalue weighted by atomic mass is 10.2. The molecule has 2 aromatic carbocycles. The first-order valence-corrected chi connectivity index (χ1v) is 9.11. The smallest absolute Gasteiger partial charge is 0.339 e. The van der Waals surface area contributed by atoms with Crippen LogP contribution in [0, 0.1) is 27.8 Å². The molecule has 0 spiro atoms. The monoisotopic (exact) mass is 413 g/mol. The fourth-order valence-electron chi connectivity index (χ4n) is 2.14. The Labute approximate surface area is 168 Å². The molecule has 0 radical (unpaired) electrons. The van der Waals surface area contributed by atoms with E-state index in [2.05, 4.69) is 22.0 Å². The van der Waals surface area contributed by atoms with Crippen LogP contribution in [0.4, 0.5) is 10.1 Å². The number of nitro benzene ring substituents is 1. The van der Waals surface area contributed by atoms with Gasteiger partial charge in [-0.15, -0.1) is 10.2 Å². The molecule has 0 bridgehead atoms. The Morgan fingerprint density at radius 3 is 2.83 bits per heavy atom. The molecule has 0 atom stereocenters. The van der Waals surface area contributed by atoms with Gasteiger partial charge in [0.15, 0.2) is 6.61 Å². The summed E-state index contributed by atoms with van der Waals surface area (Å²) >= 11 is 1.18. The van der Waals surface area contributed by atoms with Gasteiger partial charge in [-0.05, 0) is 24.3 Å². The number of carbonyl (C=O) groups excluding carboxylic acids is 1. The van der Waals surface area contributed by atoms with Crippen LogP contribution in [-0.4, -0.2) is 33.4 Å². The third-order valence-corrected chi connectivity index (χ3v) is 4.14. The molecule has 0 saturated heterocycles. The Morgan fingerprint density at radius 1 is 1.21 bits per heavy atom. The Kier molecular flexibility index (Phi) is 6.55. The predicted molar refractivity (Wildman–Crippen MR) is 102 cm³/mol. The van der Waals surface area contributed by atoms with E-state index in [0.717, 1.165) is 6.07 Å². The number of rotatable bonds is 6. The zero-order chi connectivity index (χ0) is 20.6. The minimum Gasteiger partial charge on any atom is -0.449 e. The molecule has 0 saturated carbocycles. The van der Waals surface area contributed by atoms with Crippen LogP contribution >= 0.6 is 11.8 Å². The van der Waals surface area contributed by atoms with E-state index in [1.807, 2.05) is 0 Å². The average Bonchev–Trinajstić information content (AvgIpc) is 3.19. The third kappa shape index (κ3) is 5.63. The molecular weight excluding hydrogens is 401 g/mol. The number of thioether (sulfide) groups is 1. The minimum absolute atomic E-state index is 0.0751. The maximum absolute atomic E-state index is 13.2. The predicted octanol–water partition coefficient (Wildman–Crippen LogP) is 3.74. The van der Waals surface area contributed by atoms with Crippen LogP contribution in [-0.2, 0) is 4.74 Å². The molecule has 3 aromatic rings. The fourth-order valence-corrected chi connectivity index (χ4v) is 2.67. The zero-order valence-electron chi connectivity index (χ0n) is 14.7. The van der Waals surface area contributed by atoms with Crippen LogP contribution in [0.25, 0.3) is 11.5 Å². The average molecular weight is 413 g/mol. The number of benzene rings is 2. The van der Waals surface area contributed by atoms with E-state index in [-0.39, 0.29) is 29.0 Å². The lowest BCUT2D eigenvalue weighted by Crippen LogP contribution is -2.05. The number of nitrogens with zero attached hydrogens (tertiary/aromatic N) is 3. The SMILES string of the molecule is O=C(OCC#CCSc1nnc(-c2cccc(F)c2)o1)c1cccc([N+](=O)[O-])c1. The molecule has 29 heavy (non-hydrogen) atoms. The summed E-state index contributed by atoms with van der Waals surface area (Å²) in [6.07, 6.45) is 0. The van der Waals surface area contributed by atoms with E-state index in [1.54, 1.807) is 12.1 Å². The Hall–Kier alpha value is -3.71. The quantitative estimate of drug-likeness (QED) is 0.198. The van der Waals surface area contributed by atoms with Crippen molar-refractivity contribution in [3.63, 3.8) is 0 Å². The van der Waals surface area contributed by atoms with E-state index >= 15 is 0 Å². The van der Waals surface area contributed by atoms with Crippen LogP contribution in [0.15, 0.2) is 58.2 Å². The van der Waals surface area contributed by atoms with Crippen molar-refractivity contribution in [3.05, 3.63) is 70.0 Å². The standard InChI is InChI=1S/C19H12FN3O5S/c20-15-7-3-5-13(11-15)17-21-22-19(28-17)29-10-2-1-9-27-18(24)14-6-4-8-16(12-14)23(25)26/h3-8,11-12H,9-10H2. The van der Waals surface area contributed by atoms with Gasteiger partial charge in [0.1, 0.15) is 5.82 Å². The summed E-state index contributed by atoms with van der Waals surface area (Å²) in [7, 11) is 0. The molecule has 1 aromatic heterocycles. The molecule has 0 aliphatic carbocycles. The van der Waals surface area contributed by atoms with Gasteiger partial charge in [-0.25, -0.2) is 9.18 Å². The van der Waals surface area contributed by atoms with E-state index in [9.17, 15) is 19.3 Å². The molecule has 146 valence electrons. The maximum Gasteiger partial charge on any atom is 0.339 e. The minimum atomic E-state index is -0.702. The number of halogens is 1. The maximum atomic E-state index is 13.2. The van der Waals surface area contributed by atoms with Gasteiger partial charge < -0.3 is 9.15 Å². The van der Waals surface area contributed by atoms with Gasteiger partial charge in [-0.2, -0.15) is 0 Å². The highest BCUT2D eigenvalue weighted by Crippen LogP contribution is 2.23. The summed E-state index contributed by atoms with van der Waals surface area (Å²) in [5.41, 5.74) is 0.355. The van der Waals surface area contributed by atoms with E-state index in [1.165, 1.54) is 42.1 Å². The van der Waals surface area contributed by atoms with Gasteiger partial charge >= 0.3 is 5.97 Å².